The van der Waals surface area contributed by atoms with E-state index in [4.69, 9.17) is 4.74 Å². The summed E-state index contributed by atoms with van der Waals surface area (Å²) in [5, 5.41) is 2.75. The van der Waals surface area contributed by atoms with E-state index in [1.807, 2.05) is 28.8 Å². The molecule has 7 nitrogen and oxygen atoms in total. The molecule has 32 heavy (non-hydrogen) atoms. The molecule has 2 bridgehead atoms. The van der Waals surface area contributed by atoms with Crippen LogP contribution in [-0.4, -0.2) is 66.1 Å². The summed E-state index contributed by atoms with van der Waals surface area (Å²) >= 11 is 0. The van der Waals surface area contributed by atoms with Crippen LogP contribution < -0.4 is 15.6 Å². The monoisotopic (exact) mass is 436 g/mol. The molecular formula is C25H32N4O3. The summed E-state index contributed by atoms with van der Waals surface area (Å²) in [5.41, 5.74) is 1.35. The topological polar surface area (TPSA) is 66.8 Å². The van der Waals surface area contributed by atoms with Crippen LogP contribution in [-0.2, 0) is 11.3 Å². The van der Waals surface area contributed by atoms with E-state index in [1.165, 1.54) is 25.9 Å². The second-order valence-corrected chi connectivity index (χ2v) is 9.52. The Bertz CT molecular complexity index is 1010. The quantitative estimate of drug-likeness (QED) is 0.780. The van der Waals surface area contributed by atoms with E-state index in [1.54, 1.807) is 18.2 Å². The second-order valence-electron chi connectivity index (χ2n) is 9.52. The first-order chi connectivity index (χ1) is 15.6. The molecule has 1 aromatic carbocycles. The Morgan fingerprint density at radius 3 is 2.62 bits per heavy atom. The van der Waals surface area contributed by atoms with Crippen molar-refractivity contribution in [2.24, 2.45) is 5.92 Å². The van der Waals surface area contributed by atoms with E-state index in [0.717, 1.165) is 31.7 Å². The van der Waals surface area contributed by atoms with Gasteiger partial charge in [0, 0.05) is 37.3 Å². The number of carbonyl (C=O) groups is 1. The van der Waals surface area contributed by atoms with Gasteiger partial charge in [0.2, 0.25) is 0 Å². The van der Waals surface area contributed by atoms with E-state index in [2.05, 4.69) is 22.2 Å². The fraction of sp³-hybridized carbons (Fsp3) is 0.520. The summed E-state index contributed by atoms with van der Waals surface area (Å²) in [4.78, 5) is 30.6. The van der Waals surface area contributed by atoms with Gasteiger partial charge in [-0.25, -0.2) is 0 Å². The molecule has 3 aliphatic rings. The van der Waals surface area contributed by atoms with Crippen LogP contribution in [0, 0.1) is 5.92 Å². The Kier molecular flexibility index (Phi) is 6.02. The number of amides is 1. The van der Waals surface area contributed by atoms with Crippen molar-refractivity contribution in [2.75, 3.05) is 45.2 Å². The minimum absolute atomic E-state index is 0.0991. The summed E-state index contributed by atoms with van der Waals surface area (Å²) in [6.07, 6.45) is 3.62. The van der Waals surface area contributed by atoms with Gasteiger partial charge in [-0.2, -0.15) is 0 Å². The number of piperidine rings is 2. The first-order valence-electron chi connectivity index (χ1n) is 11.7. The molecule has 4 heterocycles. The summed E-state index contributed by atoms with van der Waals surface area (Å²) in [6, 6.07) is 13.7. The maximum atomic E-state index is 13.2. The van der Waals surface area contributed by atoms with E-state index >= 15 is 0 Å². The van der Waals surface area contributed by atoms with E-state index in [9.17, 15) is 9.59 Å². The van der Waals surface area contributed by atoms with Gasteiger partial charge in [-0.15, -0.1) is 0 Å². The highest BCUT2D eigenvalue weighted by Gasteiger charge is 2.37. The third-order valence-electron chi connectivity index (χ3n) is 7.22. The van der Waals surface area contributed by atoms with Crippen molar-refractivity contribution in [3.8, 4) is 5.75 Å². The second kappa shape index (κ2) is 9.08. The summed E-state index contributed by atoms with van der Waals surface area (Å²) in [5.74, 6) is 1.19. The van der Waals surface area contributed by atoms with Crippen LogP contribution in [0.15, 0.2) is 47.3 Å². The first-order valence-corrected chi connectivity index (χ1v) is 11.7. The van der Waals surface area contributed by atoms with Crippen LogP contribution in [0.3, 0.4) is 0 Å². The Morgan fingerprint density at radius 2 is 1.84 bits per heavy atom. The van der Waals surface area contributed by atoms with Crippen LogP contribution in [0.25, 0.3) is 0 Å². The van der Waals surface area contributed by atoms with Crippen LogP contribution >= 0.6 is 0 Å². The van der Waals surface area contributed by atoms with Gasteiger partial charge in [0.1, 0.15) is 11.4 Å². The van der Waals surface area contributed by atoms with Gasteiger partial charge in [0.05, 0.1) is 0 Å². The molecule has 2 fully saturated rings. The molecule has 0 radical (unpaired) electrons. The number of hydrogen-bond donors (Lipinski definition) is 1. The van der Waals surface area contributed by atoms with Crippen molar-refractivity contribution >= 4 is 11.6 Å². The molecule has 7 heteroatoms. The normalized spacial score (nSPS) is 24.0. The number of ether oxygens (including phenoxy) is 1. The van der Waals surface area contributed by atoms with E-state index in [0.29, 0.717) is 29.3 Å². The van der Waals surface area contributed by atoms with Gasteiger partial charge in [-0.1, -0.05) is 18.2 Å². The number of hydrogen-bond acceptors (Lipinski definition) is 5. The number of likely N-dealkylation sites (tertiary alicyclic amines) is 2. The van der Waals surface area contributed by atoms with E-state index < -0.39 is 0 Å². The van der Waals surface area contributed by atoms with Crippen molar-refractivity contribution < 1.29 is 9.53 Å². The molecule has 2 saturated heterocycles. The molecule has 3 aliphatic heterocycles. The minimum Gasteiger partial charge on any atom is -0.484 e. The molecule has 5 rings (SSSR count). The molecule has 0 unspecified atom stereocenters. The molecular weight excluding hydrogens is 404 g/mol. The predicted octanol–water partition coefficient (Wildman–Crippen LogP) is 2.38. The number of para-hydroxylation sites is 1. The van der Waals surface area contributed by atoms with Crippen molar-refractivity contribution in [3.05, 3.63) is 58.5 Å². The maximum Gasteiger partial charge on any atom is 0.274 e. The highest BCUT2D eigenvalue weighted by molar-refractivity contribution is 5.91. The number of aromatic nitrogens is 1. The first kappa shape index (κ1) is 21.2. The minimum atomic E-state index is -0.323. The van der Waals surface area contributed by atoms with Gasteiger partial charge in [-0.05, 0) is 69.6 Å². The third-order valence-corrected chi connectivity index (χ3v) is 7.22. The number of pyridine rings is 1. The number of anilines is 1. The van der Waals surface area contributed by atoms with Crippen LogP contribution in [0.5, 0.6) is 5.75 Å². The van der Waals surface area contributed by atoms with Gasteiger partial charge in [-0.3, -0.25) is 14.5 Å². The van der Waals surface area contributed by atoms with Crippen molar-refractivity contribution in [1.82, 2.24) is 14.4 Å². The average molecular weight is 437 g/mol. The molecule has 1 N–H and O–H groups in total. The summed E-state index contributed by atoms with van der Waals surface area (Å²) < 4.78 is 7.40. The summed E-state index contributed by atoms with van der Waals surface area (Å²) in [6.45, 7) is 5.05. The lowest BCUT2D eigenvalue weighted by Crippen LogP contribution is -2.53. The maximum absolute atomic E-state index is 13.2. The van der Waals surface area contributed by atoms with Crippen molar-refractivity contribution in [1.29, 1.82) is 0 Å². The highest BCUT2D eigenvalue weighted by atomic mass is 16.5. The van der Waals surface area contributed by atoms with Crippen molar-refractivity contribution in [3.63, 3.8) is 0 Å². The third kappa shape index (κ3) is 4.45. The lowest BCUT2D eigenvalue weighted by Gasteiger charge is -2.47. The molecule has 170 valence electrons. The number of carbonyl (C=O) groups excluding carboxylic acids is 1. The molecule has 2 aromatic rings. The zero-order valence-corrected chi connectivity index (χ0v) is 18.7. The van der Waals surface area contributed by atoms with Gasteiger partial charge in [0.25, 0.3) is 11.5 Å². The Morgan fingerprint density at radius 1 is 1.06 bits per heavy atom. The van der Waals surface area contributed by atoms with Crippen LogP contribution in [0.1, 0.15) is 30.9 Å². The SMILES string of the molecule is CN1CCC(N2C[C@@H]3C[C@H](C2)c2ccc(NC(=O)COc4ccccc4)c(=O)n2C3)CC1. The summed E-state index contributed by atoms with van der Waals surface area (Å²) in [7, 11) is 2.20. The molecule has 0 saturated carbocycles. The molecule has 0 aliphatic carbocycles. The fourth-order valence-electron chi connectivity index (χ4n) is 5.59. The smallest absolute Gasteiger partial charge is 0.274 e. The number of rotatable bonds is 5. The average Bonchev–Trinajstić information content (AvgIpc) is 2.81. The zero-order chi connectivity index (χ0) is 22.1. The zero-order valence-electron chi connectivity index (χ0n) is 18.7. The molecule has 1 aromatic heterocycles. The van der Waals surface area contributed by atoms with Crippen LogP contribution in [0.4, 0.5) is 5.69 Å². The van der Waals surface area contributed by atoms with Gasteiger partial charge >= 0.3 is 0 Å². The van der Waals surface area contributed by atoms with E-state index in [-0.39, 0.29) is 18.1 Å². The standard InChI is InChI=1S/C25H32N4O3/c1-27-11-9-20(10-12-27)28-14-18-13-19(16-28)23-8-7-22(25(31)29(23)15-18)26-24(30)17-32-21-5-3-2-4-6-21/h2-8,18-20H,9-17H2,1H3,(H,26,30)/t18-,19+/m0/s1. The Balaban J connectivity index is 1.26. The number of benzene rings is 1. The lowest BCUT2D eigenvalue weighted by molar-refractivity contribution is -0.118. The Hall–Kier alpha value is -2.64. The molecule has 1 amide bonds. The Labute approximate surface area is 189 Å². The largest absolute Gasteiger partial charge is 0.484 e. The van der Waals surface area contributed by atoms with Gasteiger partial charge < -0.3 is 19.5 Å². The van der Waals surface area contributed by atoms with Crippen molar-refractivity contribution in [2.45, 2.75) is 37.8 Å². The lowest BCUT2D eigenvalue weighted by atomic mass is 9.82. The fourth-order valence-corrected chi connectivity index (χ4v) is 5.59. The molecule has 0 spiro atoms. The van der Waals surface area contributed by atoms with Crippen LogP contribution in [0.2, 0.25) is 0 Å². The van der Waals surface area contributed by atoms with Gasteiger partial charge in [0.15, 0.2) is 6.61 Å². The number of fused-ring (bicyclic) bond motifs is 4. The molecule has 2 atom stereocenters. The number of nitrogens with one attached hydrogen (secondary N) is 1. The predicted molar refractivity (Wildman–Crippen MR) is 124 cm³/mol. The number of nitrogens with zero attached hydrogens (tertiary/aromatic N) is 3. The highest BCUT2D eigenvalue weighted by Crippen LogP contribution is 2.37.